The van der Waals surface area contributed by atoms with E-state index in [-0.39, 0.29) is 29.0 Å². The lowest BCUT2D eigenvalue weighted by molar-refractivity contribution is -0.134. The molecular formula is C38H50O5. The van der Waals surface area contributed by atoms with E-state index in [1.807, 2.05) is 42.5 Å². The molecule has 0 aliphatic rings. The molecular weight excluding hydrogens is 536 g/mol. The first kappa shape index (κ1) is 35.5. The maximum atomic E-state index is 12.5. The number of benzene rings is 3. The molecule has 0 bridgehead atoms. The molecule has 1 atom stereocenters. The van der Waals surface area contributed by atoms with E-state index in [9.17, 15) is 14.4 Å². The first-order valence-electron chi connectivity index (χ1n) is 16.1. The number of carbonyl (C=O) groups excluding carboxylic acids is 2. The smallest absolute Gasteiger partial charge is 0.339 e. The Bertz CT molecular complexity index is 1220. The van der Waals surface area contributed by atoms with Crippen molar-refractivity contribution >= 4 is 17.7 Å². The molecule has 3 aromatic rings. The third-order valence-electron chi connectivity index (χ3n) is 7.54. The number of ketones is 1. The van der Waals surface area contributed by atoms with Gasteiger partial charge in [-0.2, -0.15) is 0 Å². The van der Waals surface area contributed by atoms with Gasteiger partial charge in [-0.15, -0.1) is 0 Å². The lowest BCUT2D eigenvalue weighted by atomic mass is 9.93. The van der Waals surface area contributed by atoms with Gasteiger partial charge in [0.15, 0.2) is 5.78 Å². The fourth-order valence-corrected chi connectivity index (χ4v) is 4.88. The van der Waals surface area contributed by atoms with Crippen molar-refractivity contribution in [3.05, 3.63) is 90.0 Å². The number of Topliss-reactive ketones (excluding diaryl/α,β-unsaturated/α-hetero) is 1. The third-order valence-corrected chi connectivity index (χ3v) is 7.54. The first-order valence-corrected chi connectivity index (χ1v) is 16.1. The molecule has 3 aromatic carbocycles. The van der Waals surface area contributed by atoms with Crippen LogP contribution in [0.4, 0.5) is 0 Å². The number of esters is 1. The minimum atomic E-state index is -1.09. The van der Waals surface area contributed by atoms with E-state index in [4.69, 9.17) is 9.84 Å². The number of hydrogen-bond donors (Lipinski definition) is 1. The van der Waals surface area contributed by atoms with Crippen molar-refractivity contribution in [3.8, 4) is 16.9 Å². The monoisotopic (exact) mass is 586 g/mol. The van der Waals surface area contributed by atoms with Gasteiger partial charge in [0.25, 0.3) is 0 Å². The first-order chi connectivity index (χ1) is 20.9. The van der Waals surface area contributed by atoms with E-state index in [0.717, 1.165) is 43.2 Å². The number of unbranched alkanes of at least 4 members (excludes halogenated alkanes) is 9. The topological polar surface area (TPSA) is 80.7 Å². The normalized spacial score (nSPS) is 11.2. The zero-order valence-electron chi connectivity index (χ0n) is 26.4. The molecule has 0 aliphatic carbocycles. The molecule has 0 radical (unpaired) electrons. The largest absolute Gasteiger partial charge is 0.478 e. The third kappa shape index (κ3) is 13.9. The van der Waals surface area contributed by atoms with Crippen molar-refractivity contribution in [2.75, 3.05) is 0 Å². The van der Waals surface area contributed by atoms with Gasteiger partial charge in [0.05, 0.1) is 0 Å². The van der Waals surface area contributed by atoms with Gasteiger partial charge in [-0.05, 0) is 36.1 Å². The zero-order valence-corrected chi connectivity index (χ0v) is 26.4. The standard InChI is InChI=1S/C21H26O.C17H24O4/c1-3-4-5-7-10-17(2)21(22)20-15-13-19(14-16-20)18-11-8-6-9-12-18;1-2-3-4-5-6-7-8-13-16(18)21-15-12-10-9-11-14(15)17(19)20/h6,8-9,11-17H,3-5,7,10H2,1-2H3;9-12H,2-8,13H2,1H3,(H,19,20). The van der Waals surface area contributed by atoms with Crippen molar-refractivity contribution in [2.45, 2.75) is 104 Å². The molecule has 5 heteroatoms. The van der Waals surface area contributed by atoms with E-state index >= 15 is 0 Å². The molecule has 0 heterocycles. The highest BCUT2D eigenvalue weighted by molar-refractivity contribution is 5.98. The van der Waals surface area contributed by atoms with Crippen molar-refractivity contribution in [1.29, 1.82) is 0 Å². The van der Waals surface area contributed by atoms with Gasteiger partial charge >= 0.3 is 11.9 Å². The summed E-state index contributed by atoms with van der Waals surface area (Å²) in [4.78, 5) is 35.2. The second-order valence-electron chi connectivity index (χ2n) is 11.2. The molecule has 0 saturated heterocycles. The summed E-state index contributed by atoms with van der Waals surface area (Å²) in [7, 11) is 0. The van der Waals surface area contributed by atoms with Gasteiger partial charge in [0, 0.05) is 17.9 Å². The maximum absolute atomic E-state index is 12.5. The quantitative estimate of drug-likeness (QED) is 0.0694. The molecule has 1 N–H and O–H groups in total. The van der Waals surface area contributed by atoms with Crippen LogP contribution in [0.5, 0.6) is 5.75 Å². The van der Waals surface area contributed by atoms with Crippen molar-refractivity contribution < 1.29 is 24.2 Å². The fraction of sp³-hybridized carbons (Fsp3) is 0.447. The van der Waals surface area contributed by atoms with Crippen LogP contribution in [0.15, 0.2) is 78.9 Å². The molecule has 43 heavy (non-hydrogen) atoms. The second kappa shape index (κ2) is 21.0. The fourth-order valence-electron chi connectivity index (χ4n) is 4.88. The highest BCUT2D eigenvalue weighted by atomic mass is 16.5. The Labute approximate surface area is 258 Å². The van der Waals surface area contributed by atoms with Crippen LogP contribution in [-0.4, -0.2) is 22.8 Å². The number of rotatable bonds is 18. The van der Waals surface area contributed by atoms with Crippen molar-refractivity contribution in [2.24, 2.45) is 5.92 Å². The Hall–Kier alpha value is -3.73. The summed E-state index contributed by atoms with van der Waals surface area (Å²) in [5.74, 6) is -0.930. The zero-order chi connectivity index (χ0) is 31.3. The summed E-state index contributed by atoms with van der Waals surface area (Å²) >= 11 is 0. The van der Waals surface area contributed by atoms with E-state index in [1.54, 1.807) is 12.1 Å². The number of para-hydroxylation sites is 1. The Morgan fingerprint density at radius 1 is 0.651 bits per heavy atom. The number of hydrogen-bond acceptors (Lipinski definition) is 4. The predicted octanol–water partition coefficient (Wildman–Crippen LogP) is 10.6. The van der Waals surface area contributed by atoms with Gasteiger partial charge in [-0.25, -0.2) is 4.79 Å². The van der Waals surface area contributed by atoms with E-state index in [1.165, 1.54) is 62.6 Å². The molecule has 0 spiro atoms. The van der Waals surface area contributed by atoms with Crippen LogP contribution in [0.25, 0.3) is 11.1 Å². The van der Waals surface area contributed by atoms with E-state index < -0.39 is 5.97 Å². The van der Waals surface area contributed by atoms with Crippen LogP contribution in [0.1, 0.15) is 125 Å². The van der Waals surface area contributed by atoms with Crippen LogP contribution >= 0.6 is 0 Å². The number of aromatic carboxylic acids is 1. The summed E-state index contributed by atoms with van der Waals surface area (Å²) in [6.45, 7) is 6.45. The van der Waals surface area contributed by atoms with Crippen molar-refractivity contribution in [1.82, 2.24) is 0 Å². The lowest BCUT2D eigenvalue weighted by Crippen LogP contribution is -2.11. The van der Waals surface area contributed by atoms with Crippen LogP contribution in [-0.2, 0) is 4.79 Å². The highest BCUT2D eigenvalue weighted by Gasteiger charge is 2.15. The number of ether oxygens (including phenoxy) is 1. The summed E-state index contributed by atoms with van der Waals surface area (Å²) in [6, 6.07) is 24.5. The van der Waals surface area contributed by atoms with Crippen LogP contribution in [0.3, 0.4) is 0 Å². The molecule has 0 fully saturated rings. The minimum Gasteiger partial charge on any atom is -0.478 e. The average Bonchev–Trinajstić information content (AvgIpc) is 3.03. The Balaban J connectivity index is 0.000000301. The highest BCUT2D eigenvalue weighted by Crippen LogP contribution is 2.22. The summed E-state index contributed by atoms with van der Waals surface area (Å²) in [5.41, 5.74) is 3.20. The SMILES string of the molecule is CCCCCCC(C)C(=O)c1ccc(-c2ccccc2)cc1.CCCCCCCCCC(=O)Oc1ccccc1C(=O)O. The Morgan fingerprint density at radius 2 is 1.19 bits per heavy atom. The Morgan fingerprint density at radius 3 is 1.81 bits per heavy atom. The minimum absolute atomic E-state index is 0.0189. The van der Waals surface area contributed by atoms with E-state index in [0.29, 0.717) is 6.42 Å². The van der Waals surface area contributed by atoms with Crippen molar-refractivity contribution in [3.63, 3.8) is 0 Å². The van der Waals surface area contributed by atoms with E-state index in [2.05, 4.69) is 32.9 Å². The maximum Gasteiger partial charge on any atom is 0.339 e. The second-order valence-corrected chi connectivity index (χ2v) is 11.2. The number of carbonyl (C=O) groups is 3. The molecule has 0 aromatic heterocycles. The molecule has 232 valence electrons. The van der Waals surface area contributed by atoms with Crippen LogP contribution < -0.4 is 4.74 Å². The van der Waals surface area contributed by atoms with Gasteiger partial charge in [0.2, 0.25) is 0 Å². The summed E-state index contributed by atoms with van der Waals surface area (Å²) in [6.07, 6.45) is 14.2. The van der Waals surface area contributed by atoms with Gasteiger partial charge in [-0.1, -0.05) is 152 Å². The molecule has 1 unspecified atom stereocenters. The van der Waals surface area contributed by atoms with Gasteiger partial charge in [0.1, 0.15) is 11.3 Å². The molecule has 3 rings (SSSR count). The van der Waals surface area contributed by atoms with Crippen LogP contribution in [0, 0.1) is 5.92 Å². The number of carboxylic acids is 1. The summed E-state index contributed by atoms with van der Waals surface area (Å²) in [5, 5.41) is 9.00. The predicted molar refractivity (Wildman–Crippen MR) is 176 cm³/mol. The number of carboxylic acid groups (broad SMARTS) is 1. The molecule has 0 amide bonds. The molecule has 0 saturated carbocycles. The average molecular weight is 587 g/mol. The molecule has 5 nitrogen and oxygen atoms in total. The lowest BCUT2D eigenvalue weighted by Gasteiger charge is -2.11. The summed E-state index contributed by atoms with van der Waals surface area (Å²) < 4.78 is 5.13. The molecule has 0 aliphatic heterocycles. The Kier molecular flexibility index (Phi) is 17.4. The van der Waals surface area contributed by atoms with Crippen LogP contribution in [0.2, 0.25) is 0 Å². The van der Waals surface area contributed by atoms with Gasteiger partial charge in [-0.3, -0.25) is 9.59 Å². The van der Waals surface area contributed by atoms with Gasteiger partial charge < -0.3 is 9.84 Å².